The summed E-state index contributed by atoms with van der Waals surface area (Å²) >= 11 is 8.68. The van der Waals surface area contributed by atoms with Gasteiger partial charge in [-0.1, -0.05) is 15.9 Å². The lowest BCUT2D eigenvalue weighted by atomic mass is 10.3. The van der Waals surface area contributed by atoms with Crippen molar-refractivity contribution in [3.05, 3.63) is 52.1 Å². The van der Waals surface area contributed by atoms with Crippen molar-refractivity contribution in [2.75, 3.05) is 0 Å². The highest BCUT2D eigenvalue weighted by Crippen LogP contribution is 2.27. The molecule has 2 rings (SSSR count). The molecule has 0 atom stereocenters. The second-order valence-electron chi connectivity index (χ2n) is 3.43. The lowest BCUT2D eigenvalue weighted by Crippen LogP contribution is -1.96. The van der Waals surface area contributed by atoms with Crippen molar-refractivity contribution in [1.82, 2.24) is 4.98 Å². The second kappa shape index (κ2) is 5.63. The molecule has 18 heavy (non-hydrogen) atoms. The fraction of sp³-hybridized carbons (Fsp3) is 0.0833. The zero-order valence-corrected chi connectivity index (χ0v) is 11.3. The molecule has 0 saturated heterocycles. The Labute approximate surface area is 116 Å². The molecule has 0 saturated carbocycles. The van der Waals surface area contributed by atoms with Crippen molar-refractivity contribution >= 4 is 27.5 Å². The van der Waals surface area contributed by atoms with Gasteiger partial charge in [-0.05, 0) is 18.2 Å². The van der Waals surface area contributed by atoms with Crippen LogP contribution >= 0.6 is 27.5 Å². The highest BCUT2D eigenvalue weighted by Gasteiger charge is 2.11. The van der Waals surface area contributed by atoms with Crippen LogP contribution < -0.4 is 4.74 Å². The van der Waals surface area contributed by atoms with Crippen molar-refractivity contribution in [2.45, 2.75) is 5.88 Å². The average Bonchev–Trinajstić information content (AvgIpc) is 2.30. The lowest BCUT2D eigenvalue weighted by molar-refractivity contribution is 0.417. The normalized spacial score (nSPS) is 10.4. The van der Waals surface area contributed by atoms with Gasteiger partial charge in [0.25, 0.3) is 5.88 Å². The second-order valence-corrected chi connectivity index (χ2v) is 4.61. The molecule has 1 aromatic carbocycles. The van der Waals surface area contributed by atoms with Gasteiger partial charge in [0.05, 0.1) is 5.88 Å². The quantitative estimate of drug-likeness (QED) is 0.762. The molecular weight excluding hydrogens is 327 g/mol. The molecule has 0 amide bonds. The van der Waals surface area contributed by atoms with Gasteiger partial charge >= 0.3 is 0 Å². The average molecular weight is 335 g/mol. The molecule has 0 radical (unpaired) electrons. The monoisotopic (exact) mass is 333 g/mol. The van der Waals surface area contributed by atoms with Crippen LogP contribution in [0.1, 0.15) is 5.56 Å². The van der Waals surface area contributed by atoms with Gasteiger partial charge in [-0.2, -0.15) is 0 Å². The van der Waals surface area contributed by atoms with Gasteiger partial charge in [0.15, 0.2) is 5.82 Å². The van der Waals surface area contributed by atoms with E-state index in [4.69, 9.17) is 16.3 Å². The zero-order chi connectivity index (χ0) is 13.1. The van der Waals surface area contributed by atoms with Crippen molar-refractivity contribution in [3.8, 4) is 11.6 Å². The van der Waals surface area contributed by atoms with Crippen LogP contribution in [0.4, 0.5) is 8.78 Å². The molecule has 0 N–H and O–H groups in total. The fourth-order valence-electron chi connectivity index (χ4n) is 1.34. The maximum absolute atomic E-state index is 13.8. The van der Waals surface area contributed by atoms with E-state index in [1.807, 2.05) is 0 Å². The summed E-state index contributed by atoms with van der Waals surface area (Å²) in [5, 5.41) is 0. The van der Waals surface area contributed by atoms with Crippen LogP contribution in [-0.4, -0.2) is 4.98 Å². The standard InChI is InChI=1S/C12H7BrClF2NO/c13-8-3-9(15)5-10(4-8)18-12-11(16)7(6-14)1-2-17-12/h1-5H,6H2. The van der Waals surface area contributed by atoms with Crippen LogP contribution in [0.25, 0.3) is 0 Å². The number of alkyl halides is 1. The van der Waals surface area contributed by atoms with E-state index in [0.29, 0.717) is 4.47 Å². The third-order valence-corrected chi connectivity index (χ3v) is 2.88. The fourth-order valence-corrected chi connectivity index (χ4v) is 1.99. The van der Waals surface area contributed by atoms with E-state index >= 15 is 0 Å². The van der Waals surface area contributed by atoms with Crippen LogP contribution in [0.5, 0.6) is 11.6 Å². The number of nitrogens with zero attached hydrogens (tertiary/aromatic N) is 1. The molecule has 0 spiro atoms. The summed E-state index contributed by atoms with van der Waals surface area (Å²) in [6.45, 7) is 0. The zero-order valence-electron chi connectivity index (χ0n) is 8.96. The Hall–Kier alpha value is -1.20. The Morgan fingerprint density at radius 2 is 2.06 bits per heavy atom. The first kappa shape index (κ1) is 13.2. The Morgan fingerprint density at radius 1 is 1.28 bits per heavy atom. The smallest absolute Gasteiger partial charge is 0.256 e. The van der Waals surface area contributed by atoms with Gasteiger partial charge in [0.2, 0.25) is 0 Å². The Balaban J connectivity index is 2.34. The summed E-state index contributed by atoms with van der Waals surface area (Å²) in [6.07, 6.45) is 1.38. The highest BCUT2D eigenvalue weighted by molar-refractivity contribution is 9.10. The van der Waals surface area contributed by atoms with Crippen LogP contribution in [0.3, 0.4) is 0 Å². The number of pyridine rings is 1. The summed E-state index contributed by atoms with van der Waals surface area (Å²) in [5.41, 5.74) is 0.275. The first-order chi connectivity index (χ1) is 8.60. The van der Waals surface area contributed by atoms with Gasteiger partial charge in [0.1, 0.15) is 11.6 Å². The van der Waals surface area contributed by atoms with Gasteiger partial charge in [-0.15, -0.1) is 11.6 Å². The SMILES string of the molecule is Fc1cc(Br)cc(Oc2nccc(CCl)c2F)c1. The molecule has 0 bridgehead atoms. The number of aromatic nitrogens is 1. The van der Waals surface area contributed by atoms with E-state index in [0.717, 1.165) is 6.07 Å². The van der Waals surface area contributed by atoms with E-state index < -0.39 is 11.6 Å². The molecular formula is C12H7BrClF2NO. The Morgan fingerprint density at radius 3 is 2.72 bits per heavy atom. The largest absolute Gasteiger partial charge is 0.436 e. The van der Waals surface area contributed by atoms with Crippen molar-refractivity contribution in [1.29, 1.82) is 0 Å². The summed E-state index contributed by atoms with van der Waals surface area (Å²) in [4.78, 5) is 3.75. The van der Waals surface area contributed by atoms with E-state index in [9.17, 15) is 8.78 Å². The molecule has 1 heterocycles. The Kier molecular flexibility index (Phi) is 4.14. The Bertz CT molecular complexity index is 560. The molecule has 1 aromatic heterocycles. The third-order valence-electron chi connectivity index (χ3n) is 2.13. The predicted octanol–water partition coefficient (Wildman–Crippen LogP) is 4.65. The molecule has 0 aliphatic rings. The molecule has 2 aromatic rings. The van der Waals surface area contributed by atoms with Crippen molar-refractivity contribution < 1.29 is 13.5 Å². The first-order valence-corrected chi connectivity index (χ1v) is 6.26. The lowest BCUT2D eigenvalue weighted by Gasteiger charge is -2.08. The first-order valence-electron chi connectivity index (χ1n) is 4.93. The van der Waals surface area contributed by atoms with E-state index in [1.54, 1.807) is 0 Å². The number of ether oxygens (including phenoxy) is 1. The summed E-state index contributed by atoms with van der Waals surface area (Å²) in [7, 11) is 0. The van der Waals surface area contributed by atoms with Gasteiger partial charge in [-0.3, -0.25) is 0 Å². The summed E-state index contributed by atoms with van der Waals surface area (Å²) < 4.78 is 32.6. The van der Waals surface area contributed by atoms with E-state index in [1.165, 1.54) is 24.4 Å². The minimum Gasteiger partial charge on any atom is -0.436 e. The van der Waals surface area contributed by atoms with Crippen LogP contribution in [0.2, 0.25) is 0 Å². The van der Waals surface area contributed by atoms with Crippen LogP contribution in [-0.2, 0) is 5.88 Å². The van der Waals surface area contributed by atoms with Crippen LogP contribution in [0, 0.1) is 11.6 Å². The minimum absolute atomic E-state index is 0.0115. The molecule has 2 nitrogen and oxygen atoms in total. The topological polar surface area (TPSA) is 22.1 Å². The molecule has 6 heteroatoms. The van der Waals surface area contributed by atoms with Crippen molar-refractivity contribution in [2.24, 2.45) is 0 Å². The molecule has 0 aliphatic carbocycles. The van der Waals surface area contributed by atoms with Gasteiger partial charge < -0.3 is 4.74 Å². The van der Waals surface area contributed by atoms with E-state index in [-0.39, 0.29) is 23.1 Å². The third kappa shape index (κ3) is 2.97. The summed E-state index contributed by atoms with van der Waals surface area (Å²) in [5.74, 6) is -1.20. The van der Waals surface area contributed by atoms with E-state index in [2.05, 4.69) is 20.9 Å². The van der Waals surface area contributed by atoms with Crippen LogP contribution in [0.15, 0.2) is 34.9 Å². The predicted molar refractivity (Wildman–Crippen MR) is 67.9 cm³/mol. The number of rotatable bonds is 3. The number of hydrogen-bond acceptors (Lipinski definition) is 2. The minimum atomic E-state index is -0.645. The van der Waals surface area contributed by atoms with Crippen molar-refractivity contribution in [3.63, 3.8) is 0 Å². The van der Waals surface area contributed by atoms with Gasteiger partial charge in [-0.25, -0.2) is 13.8 Å². The molecule has 0 unspecified atom stereocenters. The number of hydrogen-bond donors (Lipinski definition) is 0. The number of benzene rings is 1. The summed E-state index contributed by atoms with van der Waals surface area (Å²) in [6, 6.07) is 5.37. The molecule has 0 aliphatic heterocycles. The maximum atomic E-state index is 13.8. The molecule has 0 fully saturated rings. The van der Waals surface area contributed by atoms with Gasteiger partial charge in [0, 0.05) is 22.3 Å². The number of halogens is 4. The molecule has 94 valence electrons. The highest BCUT2D eigenvalue weighted by atomic mass is 79.9. The maximum Gasteiger partial charge on any atom is 0.256 e.